The van der Waals surface area contributed by atoms with Crippen molar-refractivity contribution in [3.05, 3.63) is 93.9 Å². The molecule has 0 spiro atoms. The van der Waals surface area contributed by atoms with E-state index in [4.69, 9.17) is 4.74 Å². The molecule has 3 aromatic carbocycles. The van der Waals surface area contributed by atoms with Crippen molar-refractivity contribution in [3.63, 3.8) is 0 Å². The summed E-state index contributed by atoms with van der Waals surface area (Å²) in [7, 11) is 0. The summed E-state index contributed by atoms with van der Waals surface area (Å²) >= 11 is 1.24. The van der Waals surface area contributed by atoms with Crippen molar-refractivity contribution in [2.24, 2.45) is 4.99 Å². The highest BCUT2D eigenvalue weighted by molar-refractivity contribution is 8.18. The Morgan fingerprint density at radius 1 is 1.00 bits per heavy atom. The second-order valence-corrected chi connectivity index (χ2v) is 8.35. The van der Waals surface area contributed by atoms with Gasteiger partial charge in [-0.3, -0.25) is 4.79 Å². The first-order valence-electron chi connectivity index (χ1n) is 9.84. The van der Waals surface area contributed by atoms with E-state index in [1.54, 1.807) is 18.2 Å². The molecule has 0 saturated carbocycles. The first kappa shape index (κ1) is 20.8. The zero-order valence-electron chi connectivity index (χ0n) is 17.3. The molecular weight excluding hydrogens is 408 g/mol. The Morgan fingerprint density at radius 3 is 2.45 bits per heavy atom. The van der Waals surface area contributed by atoms with Gasteiger partial charge in [-0.1, -0.05) is 48.0 Å². The van der Waals surface area contributed by atoms with Gasteiger partial charge in [-0.05, 0) is 72.6 Å². The van der Waals surface area contributed by atoms with Crippen LogP contribution in [0.1, 0.15) is 22.3 Å². The van der Waals surface area contributed by atoms with Crippen molar-refractivity contribution >= 4 is 34.6 Å². The number of amides is 1. The van der Waals surface area contributed by atoms with Gasteiger partial charge in [-0.25, -0.2) is 4.99 Å². The lowest BCUT2D eigenvalue weighted by Crippen LogP contribution is -2.19. The fourth-order valence-corrected chi connectivity index (χ4v) is 3.81. The van der Waals surface area contributed by atoms with Gasteiger partial charge in [0.2, 0.25) is 0 Å². The van der Waals surface area contributed by atoms with E-state index in [0.717, 1.165) is 22.4 Å². The fraction of sp³-hybridized carbons (Fsp3) is 0.120. The number of carbonyl (C=O) groups is 1. The molecule has 1 aliphatic heterocycles. The maximum absolute atomic E-state index is 12.3. The largest absolute Gasteiger partial charge is 0.506 e. The van der Waals surface area contributed by atoms with Crippen molar-refractivity contribution in [2.45, 2.75) is 20.5 Å². The molecule has 1 amide bonds. The van der Waals surface area contributed by atoms with Gasteiger partial charge >= 0.3 is 0 Å². The summed E-state index contributed by atoms with van der Waals surface area (Å²) in [4.78, 5) is 17.2. The van der Waals surface area contributed by atoms with Crippen LogP contribution in [0.3, 0.4) is 0 Å². The molecule has 0 atom stereocenters. The van der Waals surface area contributed by atoms with E-state index >= 15 is 0 Å². The zero-order chi connectivity index (χ0) is 21.8. The second kappa shape index (κ2) is 9.10. The molecule has 1 saturated heterocycles. The Kier molecular flexibility index (Phi) is 6.09. The van der Waals surface area contributed by atoms with Crippen LogP contribution in [0.25, 0.3) is 6.08 Å². The Morgan fingerprint density at radius 2 is 1.71 bits per heavy atom. The third kappa shape index (κ3) is 5.35. The van der Waals surface area contributed by atoms with Gasteiger partial charge in [0.1, 0.15) is 23.8 Å². The number of phenolic OH excluding ortho intramolecular Hbond substituents is 1. The normalized spacial score (nSPS) is 16.0. The van der Waals surface area contributed by atoms with E-state index in [0.29, 0.717) is 22.4 Å². The molecule has 1 heterocycles. The van der Waals surface area contributed by atoms with Crippen LogP contribution in [-0.4, -0.2) is 16.2 Å². The maximum Gasteiger partial charge on any atom is 0.264 e. The van der Waals surface area contributed by atoms with Crippen molar-refractivity contribution in [1.29, 1.82) is 0 Å². The Labute approximate surface area is 185 Å². The number of aromatic hydroxyl groups is 1. The number of nitrogens with zero attached hydrogens (tertiary/aromatic N) is 1. The van der Waals surface area contributed by atoms with E-state index in [1.807, 2.05) is 37.3 Å². The number of amidine groups is 1. The lowest BCUT2D eigenvalue weighted by molar-refractivity contribution is -0.115. The standard InChI is InChI=1S/C25H22N2O3S/c1-16-3-6-19(7-4-16)15-30-20-10-8-18(9-11-20)14-23-24(29)27-25(31-23)26-21-13-17(2)5-12-22(21)28/h3-14,28H,15H2,1-2H3,(H,26,27,29)/b23-14-. The van der Waals surface area contributed by atoms with Crippen LogP contribution in [0.4, 0.5) is 5.69 Å². The molecule has 156 valence electrons. The Hall–Kier alpha value is -3.51. The van der Waals surface area contributed by atoms with E-state index in [-0.39, 0.29) is 11.7 Å². The molecule has 0 bridgehead atoms. The SMILES string of the molecule is Cc1ccc(COc2ccc(/C=C3\SC(=Nc4cc(C)ccc4O)NC3=O)cc2)cc1. The number of aliphatic imine (C=N–C) groups is 1. The van der Waals surface area contributed by atoms with Crippen molar-refractivity contribution < 1.29 is 14.6 Å². The highest BCUT2D eigenvalue weighted by Gasteiger charge is 2.24. The van der Waals surface area contributed by atoms with Crippen LogP contribution in [0, 0.1) is 13.8 Å². The maximum atomic E-state index is 12.3. The van der Waals surface area contributed by atoms with Crippen molar-refractivity contribution in [2.75, 3.05) is 0 Å². The van der Waals surface area contributed by atoms with Gasteiger partial charge in [0, 0.05) is 0 Å². The Balaban J connectivity index is 1.42. The predicted molar refractivity (Wildman–Crippen MR) is 126 cm³/mol. The van der Waals surface area contributed by atoms with E-state index in [9.17, 15) is 9.90 Å². The molecule has 0 aromatic heterocycles. The van der Waals surface area contributed by atoms with Gasteiger partial charge in [-0.2, -0.15) is 0 Å². The number of aryl methyl sites for hydroxylation is 2. The summed E-state index contributed by atoms with van der Waals surface area (Å²) in [5.41, 5.74) is 4.63. The van der Waals surface area contributed by atoms with Crippen LogP contribution < -0.4 is 10.1 Å². The van der Waals surface area contributed by atoms with Crippen LogP contribution in [-0.2, 0) is 11.4 Å². The third-order valence-corrected chi connectivity index (χ3v) is 5.62. The van der Waals surface area contributed by atoms with Crippen LogP contribution in [0.15, 0.2) is 76.6 Å². The van der Waals surface area contributed by atoms with Gasteiger partial charge in [0.15, 0.2) is 5.17 Å². The number of hydrogen-bond acceptors (Lipinski definition) is 5. The van der Waals surface area contributed by atoms with Gasteiger partial charge in [0.25, 0.3) is 5.91 Å². The molecule has 1 aliphatic rings. The topological polar surface area (TPSA) is 70.9 Å². The monoisotopic (exact) mass is 430 g/mol. The van der Waals surface area contributed by atoms with Gasteiger partial charge < -0.3 is 15.2 Å². The zero-order valence-corrected chi connectivity index (χ0v) is 18.1. The third-order valence-electron chi connectivity index (χ3n) is 4.71. The number of hydrogen-bond donors (Lipinski definition) is 2. The highest BCUT2D eigenvalue weighted by Crippen LogP contribution is 2.32. The summed E-state index contributed by atoms with van der Waals surface area (Å²) in [6.45, 7) is 4.48. The lowest BCUT2D eigenvalue weighted by Gasteiger charge is -2.07. The first-order valence-corrected chi connectivity index (χ1v) is 10.7. The van der Waals surface area contributed by atoms with Gasteiger partial charge in [0.05, 0.1) is 4.91 Å². The summed E-state index contributed by atoms with van der Waals surface area (Å²) in [6.07, 6.45) is 1.81. The molecule has 31 heavy (non-hydrogen) atoms. The number of carbonyl (C=O) groups excluding carboxylic acids is 1. The molecular formula is C25H22N2O3S. The molecule has 5 nitrogen and oxygen atoms in total. The number of thioether (sulfide) groups is 1. The minimum atomic E-state index is -0.212. The number of rotatable bonds is 5. The minimum Gasteiger partial charge on any atom is -0.506 e. The van der Waals surface area contributed by atoms with E-state index in [2.05, 4.69) is 41.5 Å². The van der Waals surface area contributed by atoms with Crippen molar-refractivity contribution in [3.8, 4) is 11.5 Å². The summed E-state index contributed by atoms with van der Waals surface area (Å²) in [5, 5.41) is 13.1. The highest BCUT2D eigenvalue weighted by atomic mass is 32.2. The fourth-order valence-electron chi connectivity index (χ4n) is 2.98. The molecule has 4 rings (SSSR count). The molecule has 0 unspecified atom stereocenters. The molecule has 6 heteroatoms. The summed E-state index contributed by atoms with van der Waals surface area (Å²) in [5.74, 6) is 0.630. The van der Waals surface area contributed by atoms with E-state index in [1.165, 1.54) is 17.3 Å². The molecule has 0 radical (unpaired) electrons. The predicted octanol–water partition coefficient (Wildman–Crippen LogP) is 5.48. The first-order chi connectivity index (χ1) is 15.0. The number of ether oxygens (including phenoxy) is 1. The molecule has 2 N–H and O–H groups in total. The minimum absolute atomic E-state index is 0.0756. The smallest absolute Gasteiger partial charge is 0.264 e. The quantitative estimate of drug-likeness (QED) is 0.526. The molecule has 0 aliphatic carbocycles. The number of benzene rings is 3. The average Bonchev–Trinajstić information content (AvgIpc) is 3.10. The van der Waals surface area contributed by atoms with Crippen LogP contribution in [0.2, 0.25) is 0 Å². The van der Waals surface area contributed by atoms with Crippen LogP contribution in [0.5, 0.6) is 11.5 Å². The number of nitrogens with one attached hydrogen (secondary N) is 1. The molecule has 3 aromatic rings. The summed E-state index contributed by atoms with van der Waals surface area (Å²) in [6, 6.07) is 21.0. The molecule has 1 fully saturated rings. The summed E-state index contributed by atoms with van der Waals surface area (Å²) < 4.78 is 5.83. The lowest BCUT2D eigenvalue weighted by atomic mass is 10.1. The van der Waals surface area contributed by atoms with Gasteiger partial charge in [-0.15, -0.1) is 0 Å². The van der Waals surface area contributed by atoms with Crippen molar-refractivity contribution in [1.82, 2.24) is 5.32 Å². The Bertz CT molecular complexity index is 1170. The second-order valence-electron chi connectivity index (χ2n) is 7.32. The number of phenols is 1. The average molecular weight is 431 g/mol. The van der Waals surface area contributed by atoms with E-state index < -0.39 is 0 Å². The van der Waals surface area contributed by atoms with Crippen LogP contribution >= 0.6 is 11.8 Å².